The first kappa shape index (κ1) is 13.9. The van der Waals surface area contributed by atoms with Crippen molar-refractivity contribution in [1.82, 2.24) is 9.88 Å². The zero-order valence-electron chi connectivity index (χ0n) is 12.6. The minimum atomic E-state index is 0.839. The average Bonchev–Trinajstić information content (AvgIpc) is 2.46. The molecule has 0 spiro atoms. The first-order valence-electron chi connectivity index (χ1n) is 7.25. The van der Waals surface area contributed by atoms with Crippen LogP contribution in [0.4, 0.5) is 5.69 Å². The van der Waals surface area contributed by atoms with E-state index < -0.39 is 0 Å². The summed E-state index contributed by atoms with van der Waals surface area (Å²) < 4.78 is 5.32. The number of pyridine rings is 1. The van der Waals surface area contributed by atoms with Crippen LogP contribution < -0.4 is 10.5 Å². The van der Waals surface area contributed by atoms with E-state index in [-0.39, 0.29) is 0 Å². The van der Waals surface area contributed by atoms with Gasteiger partial charge in [0.15, 0.2) is 0 Å². The number of methoxy groups -OCH3 is 1. The number of rotatable bonds is 3. The molecular weight excluding hydrogens is 262 g/mol. The van der Waals surface area contributed by atoms with E-state index in [4.69, 9.17) is 10.5 Å². The first-order chi connectivity index (χ1) is 10.1. The standard InChI is InChI=1S/C17H21N3O/c1-12-7-17(21-2)9-16(19-12)11-20-6-5-13-3-4-15(18)8-14(13)10-20/h3-4,7-9H,5-6,10-11,18H2,1-2H3. The van der Waals surface area contributed by atoms with Crippen LogP contribution in [0.2, 0.25) is 0 Å². The Hall–Kier alpha value is -2.07. The number of nitrogen functional groups attached to an aromatic ring is 1. The highest BCUT2D eigenvalue weighted by atomic mass is 16.5. The van der Waals surface area contributed by atoms with Gasteiger partial charge in [0.05, 0.1) is 12.8 Å². The molecule has 21 heavy (non-hydrogen) atoms. The van der Waals surface area contributed by atoms with Crippen molar-refractivity contribution in [3.05, 3.63) is 52.8 Å². The second-order valence-electron chi connectivity index (χ2n) is 5.63. The molecule has 1 aliphatic heterocycles. The third-order valence-corrected chi connectivity index (χ3v) is 3.92. The van der Waals surface area contributed by atoms with E-state index in [0.29, 0.717) is 0 Å². The van der Waals surface area contributed by atoms with E-state index in [1.54, 1.807) is 7.11 Å². The Kier molecular flexibility index (Phi) is 3.80. The van der Waals surface area contributed by atoms with Crippen LogP contribution in [0.3, 0.4) is 0 Å². The van der Waals surface area contributed by atoms with Crippen LogP contribution in [0.5, 0.6) is 5.75 Å². The smallest absolute Gasteiger partial charge is 0.122 e. The molecule has 0 bridgehead atoms. The maximum atomic E-state index is 5.89. The number of hydrogen-bond acceptors (Lipinski definition) is 4. The van der Waals surface area contributed by atoms with Gasteiger partial charge >= 0.3 is 0 Å². The number of nitrogens with two attached hydrogens (primary N) is 1. The van der Waals surface area contributed by atoms with Crippen LogP contribution >= 0.6 is 0 Å². The monoisotopic (exact) mass is 283 g/mol. The maximum absolute atomic E-state index is 5.89. The largest absolute Gasteiger partial charge is 0.497 e. The zero-order valence-corrected chi connectivity index (χ0v) is 12.6. The topological polar surface area (TPSA) is 51.4 Å². The third kappa shape index (κ3) is 3.16. The molecule has 0 radical (unpaired) electrons. The van der Waals surface area contributed by atoms with Crippen molar-refractivity contribution in [3.63, 3.8) is 0 Å². The van der Waals surface area contributed by atoms with Gasteiger partial charge in [0, 0.05) is 43.1 Å². The fraction of sp³-hybridized carbons (Fsp3) is 0.353. The van der Waals surface area contributed by atoms with Gasteiger partial charge in [-0.1, -0.05) is 6.07 Å². The fourth-order valence-corrected chi connectivity index (χ4v) is 2.90. The molecule has 4 nitrogen and oxygen atoms in total. The molecule has 0 atom stereocenters. The van der Waals surface area contributed by atoms with Crippen molar-refractivity contribution in [2.75, 3.05) is 19.4 Å². The average molecular weight is 283 g/mol. The summed E-state index contributed by atoms with van der Waals surface area (Å²) in [6, 6.07) is 10.2. The molecular formula is C17H21N3O. The lowest BCUT2D eigenvalue weighted by molar-refractivity contribution is 0.242. The lowest BCUT2D eigenvalue weighted by atomic mass is 9.99. The Balaban J connectivity index is 1.76. The van der Waals surface area contributed by atoms with Crippen molar-refractivity contribution in [1.29, 1.82) is 0 Å². The molecule has 2 aromatic rings. The summed E-state index contributed by atoms with van der Waals surface area (Å²) in [4.78, 5) is 7.01. The summed E-state index contributed by atoms with van der Waals surface area (Å²) in [6.07, 6.45) is 1.07. The Morgan fingerprint density at radius 2 is 2.10 bits per heavy atom. The Labute approximate surface area is 125 Å². The van der Waals surface area contributed by atoms with Crippen LogP contribution in [0.15, 0.2) is 30.3 Å². The van der Waals surface area contributed by atoms with Gasteiger partial charge in [0.1, 0.15) is 5.75 Å². The molecule has 1 aromatic carbocycles. The summed E-state index contributed by atoms with van der Waals surface area (Å²) in [5, 5.41) is 0. The van der Waals surface area contributed by atoms with Crippen LogP contribution in [0.1, 0.15) is 22.5 Å². The number of anilines is 1. The van der Waals surface area contributed by atoms with Crippen molar-refractivity contribution >= 4 is 5.69 Å². The molecule has 0 unspecified atom stereocenters. The summed E-state index contributed by atoms with van der Waals surface area (Å²) in [7, 11) is 1.69. The van der Waals surface area contributed by atoms with Gasteiger partial charge in [-0.25, -0.2) is 0 Å². The lowest BCUT2D eigenvalue weighted by Gasteiger charge is -2.28. The quantitative estimate of drug-likeness (QED) is 0.880. The maximum Gasteiger partial charge on any atom is 0.122 e. The number of hydrogen-bond donors (Lipinski definition) is 1. The predicted octanol–water partition coefficient (Wildman–Crippen LogP) is 2.54. The predicted molar refractivity (Wildman–Crippen MR) is 84.2 cm³/mol. The Morgan fingerprint density at radius 1 is 1.24 bits per heavy atom. The minimum Gasteiger partial charge on any atom is -0.497 e. The van der Waals surface area contributed by atoms with E-state index in [9.17, 15) is 0 Å². The van der Waals surface area contributed by atoms with E-state index in [0.717, 1.165) is 48.9 Å². The molecule has 1 aliphatic rings. The van der Waals surface area contributed by atoms with E-state index in [1.165, 1.54) is 11.1 Å². The SMILES string of the molecule is COc1cc(C)nc(CN2CCc3ccc(N)cc3C2)c1. The van der Waals surface area contributed by atoms with Gasteiger partial charge in [0.25, 0.3) is 0 Å². The van der Waals surface area contributed by atoms with Crippen LogP contribution in [-0.4, -0.2) is 23.5 Å². The number of benzene rings is 1. The van der Waals surface area contributed by atoms with Crippen molar-refractivity contribution in [2.45, 2.75) is 26.4 Å². The Bertz CT molecular complexity index is 654. The van der Waals surface area contributed by atoms with E-state index >= 15 is 0 Å². The zero-order chi connectivity index (χ0) is 14.8. The van der Waals surface area contributed by atoms with Crippen molar-refractivity contribution in [2.24, 2.45) is 0 Å². The molecule has 1 aromatic heterocycles. The Morgan fingerprint density at radius 3 is 2.90 bits per heavy atom. The number of ether oxygens (including phenoxy) is 1. The molecule has 0 amide bonds. The normalized spacial score (nSPS) is 14.8. The fourth-order valence-electron chi connectivity index (χ4n) is 2.90. The highest BCUT2D eigenvalue weighted by molar-refractivity contribution is 5.45. The number of aryl methyl sites for hydroxylation is 1. The molecule has 3 rings (SSSR count). The highest BCUT2D eigenvalue weighted by Gasteiger charge is 2.17. The lowest BCUT2D eigenvalue weighted by Crippen LogP contribution is -2.30. The second-order valence-corrected chi connectivity index (χ2v) is 5.63. The second kappa shape index (κ2) is 5.74. The number of fused-ring (bicyclic) bond motifs is 1. The van der Waals surface area contributed by atoms with Gasteiger partial charge in [-0.3, -0.25) is 9.88 Å². The summed E-state index contributed by atoms with van der Waals surface area (Å²) >= 11 is 0. The number of nitrogens with zero attached hydrogens (tertiary/aromatic N) is 2. The van der Waals surface area contributed by atoms with Gasteiger partial charge < -0.3 is 10.5 Å². The van der Waals surface area contributed by atoms with Crippen molar-refractivity contribution in [3.8, 4) is 5.75 Å². The molecule has 4 heteroatoms. The molecule has 0 saturated carbocycles. The highest BCUT2D eigenvalue weighted by Crippen LogP contribution is 2.23. The van der Waals surface area contributed by atoms with E-state index in [1.807, 2.05) is 25.1 Å². The summed E-state index contributed by atoms with van der Waals surface area (Å²) in [5.41, 5.74) is 11.5. The van der Waals surface area contributed by atoms with Gasteiger partial charge in [0.2, 0.25) is 0 Å². The number of aromatic nitrogens is 1. The summed E-state index contributed by atoms with van der Waals surface area (Å²) in [6.45, 7) is 4.82. The van der Waals surface area contributed by atoms with E-state index in [2.05, 4.69) is 22.0 Å². The molecule has 2 N–H and O–H groups in total. The molecule has 0 saturated heterocycles. The van der Waals surface area contributed by atoms with Gasteiger partial charge in [-0.2, -0.15) is 0 Å². The molecule has 2 heterocycles. The molecule has 0 aliphatic carbocycles. The molecule has 0 fully saturated rings. The third-order valence-electron chi connectivity index (χ3n) is 3.92. The first-order valence-corrected chi connectivity index (χ1v) is 7.25. The molecule has 110 valence electrons. The van der Waals surface area contributed by atoms with Crippen LogP contribution in [0.25, 0.3) is 0 Å². The van der Waals surface area contributed by atoms with Crippen LogP contribution in [-0.2, 0) is 19.5 Å². The van der Waals surface area contributed by atoms with Gasteiger partial charge in [-0.15, -0.1) is 0 Å². The minimum absolute atomic E-state index is 0.839. The summed E-state index contributed by atoms with van der Waals surface area (Å²) in [5.74, 6) is 0.874. The van der Waals surface area contributed by atoms with Crippen molar-refractivity contribution < 1.29 is 4.74 Å². The van der Waals surface area contributed by atoms with Gasteiger partial charge in [-0.05, 0) is 36.6 Å². The van der Waals surface area contributed by atoms with Crippen LogP contribution in [0, 0.1) is 6.92 Å².